The summed E-state index contributed by atoms with van der Waals surface area (Å²) in [5.41, 5.74) is 0. The number of rotatable bonds is 5. The predicted molar refractivity (Wildman–Crippen MR) is 117 cm³/mol. The number of nitrogens with zero attached hydrogens (tertiary/aromatic N) is 4. The molecule has 3 fully saturated rings. The number of thiocarbonyl (C=S) groups is 1. The van der Waals surface area contributed by atoms with Crippen LogP contribution in [0.1, 0.15) is 51.4 Å². The highest BCUT2D eigenvalue weighted by molar-refractivity contribution is 7.80. The molecule has 3 saturated heterocycles. The van der Waals surface area contributed by atoms with Crippen molar-refractivity contribution in [2.24, 2.45) is 0 Å². The first-order valence-corrected chi connectivity index (χ1v) is 11.2. The van der Waals surface area contributed by atoms with Crippen LogP contribution < -0.4 is 20.4 Å². The number of ether oxygens (including phenoxy) is 1. The molecule has 0 bridgehead atoms. The van der Waals surface area contributed by atoms with Crippen LogP contribution in [-0.4, -0.2) is 60.5 Å². The lowest BCUT2D eigenvalue weighted by Gasteiger charge is -2.31. The Morgan fingerprint density at radius 3 is 2.11 bits per heavy atom. The summed E-state index contributed by atoms with van der Waals surface area (Å²) < 4.78 is 5.66. The van der Waals surface area contributed by atoms with E-state index < -0.39 is 0 Å². The van der Waals surface area contributed by atoms with Crippen molar-refractivity contribution in [1.82, 2.24) is 15.3 Å². The Bertz CT molecular complexity index is 618. The maximum Gasteiger partial charge on any atom is 0.232 e. The van der Waals surface area contributed by atoms with Crippen LogP contribution in [0, 0.1) is 0 Å². The van der Waals surface area contributed by atoms with Crippen molar-refractivity contribution in [3.8, 4) is 0 Å². The van der Waals surface area contributed by atoms with E-state index >= 15 is 0 Å². The van der Waals surface area contributed by atoms with Crippen molar-refractivity contribution in [3.05, 3.63) is 6.07 Å². The van der Waals surface area contributed by atoms with E-state index in [1.54, 1.807) is 0 Å². The van der Waals surface area contributed by atoms with E-state index in [4.69, 9.17) is 26.9 Å². The summed E-state index contributed by atoms with van der Waals surface area (Å²) in [6.45, 7) is 5.85. The van der Waals surface area contributed by atoms with Gasteiger partial charge in [-0.2, -0.15) is 9.97 Å². The number of anilines is 3. The first-order chi connectivity index (χ1) is 13.8. The molecule has 154 valence electrons. The van der Waals surface area contributed by atoms with Gasteiger partial charge in [0.2, 0.25) is 5.95 Å². The molecule has 1 aromatic heterocycles. The monoisotopic (exact) mass is 404 g/mol. The van der Waals surface area contributed by atoms with Crippen molar-refractivity contribution in [2.75, 3.05) is 54.4 Å². The molecule has 1 atom stereocenters. The highest BCUT2D eigenvalue weighted by atomic mass is 32.1. The zero-order valence-electron chi connectivity index (χ0n) is 16.7. The van der Waals surface area contributed by atoms with Gasteiger partial charge >= 0.3 is 0 Å². The fourth-order valence-electron chi connectivity index (χ4n) is 4.21. The van der Waals surface area contributed by atoms with Gasteiger partial charge in [-0.25, -0.2) is 0 Å². The third-order valence-electron chi connectivity index (χ3n) is 5.80. The van der Waals surface area contributed by atoms with E-state index in [1.165, 1.54) is 38.5 Å². The molecule has 4 rings (SSSR count). The molecule has 3 aliphatic heterocycles. The third kappa shape index (κ3) is 5.23. The Hall–Kier alpha value is -1.67. The van der Waals surface area contributed by atoms with Crippen molar-refractivity contribution >= 4 is 34.9 Å². The van der Waals surface area contributed by atoms with E-state index in [1.807, 2.05) is 0 Å². The van der Waals surface area contributed by atoms with Crippen LogP contribution >= 0.6 is 12.2 Å². The first kappa shape index (κ1) is 19.6. The summed E-state index contributed by atoms with van der Waals surface area (Å²) in [6.07, 6.45) is 10.0. The minimum Gasteiger partial charge on any atom is -0.376 e. The average molecular weight is 405 g/mol. The van der Waals surface area contributed by atoms with Crippen LogP contribution in [0.25, 0.3) is 0 Å². The van der Waals surface area contributed by atoms with Gasteiger partial charge in [0.1, 0.15) is 11.6 Å². The van der Waals surface area contributed by atoms with Crippen LogP contribution in [0.5, 0.6) is 0 Å². The molecule has 28 heavy (non-hydrogen) atoms. The lowest BCUT2D eigenvalue weighted by atomic mass is 10.1. The number of hydrogen-bond donors (Lipinski definition) is 2. The predicted octanol–water partition coefficient (Wildman–Crippen LogP) is 2.92. The Morgan fingerprint density at radius 2 is 1.57 bits per heavy atom. The molecule has 2 N–H and O–H groups in total. The van der Waals surface area contributed by atoms with Crippen molar-refractivity contribution in [3.63, 3.8) is 0 Å². The highest BCUT2D eigenvalue weighted by Gasteiger charge is 2.20. The smallest absolute Gasteiger partial charge is 0.232 e. The molecule has 0 amide bonds. The van der Waals surface area contributed by atoms with E-state index in [0.29, 0.717) is 11.1 Å². The van der Waals surface area contributed by atoms with Crippen molar-refractivity contribution < 1.29 is 4.74 Å². The quantitative estimate of drug-likeness (QED) is 0.727. The fourth-order valence-corrected chi connectivity index (χ4v) is 4.38. The summed E-state index contributed by atoms with van der Waals surface area (Å²) >= 11 is 5.49. The molecule has 7 nitrogen and oxygen atoms in total. The Balaban J connectivity index is 1.46. The van der Waals surface area contributed by atoms with Crippen molar-refractivity contribution in [2.45, 2.75) is 57.5 Å². The van der Waals surface area contributed by atoms with Gasteiger partial charge in [-0.1, -0.05) is 0 Å². The van der Waals surface area contributed by atoms with Gasteiger partial charge < -0.3 is 25.2 Å². The van der Waals surface area contributed by atoms with Gasteiger partial charge in [0.05, 0.1) is 6.10 Å². The standard InChI is InChI=1S/C20H32N6OS/c28-20(21-15-16-8-7-13-27-16)24-19-22-17(25-9-3-1-4-10-25)14-18(23-19)26-11-5-2-6-12-26/h14,16H,1-13,15H2,(H2,21,22,23,24,28)/t16-/m0/s1. The third-order valence-corrected chi connectivity index (χ3v) is 6.05. The maximum atomic E-state index is 5.66. The van der Waals surface area contributed by atoms with Crippen LogP contribution in [-0.2, 0) is 4.74 Å². The molecular weight excluding hydrogens is 372 g/mol. The number of aromatic nitrogens is 2. The molecule has 0 unspecified atom stereocenters. The first-order valence-electron chi connectivity index (χ1n) is 10.8. The number of hydrogen-bond acceptors (Lipinski definition) is 6. The lowest BCUT2D eigenvalue weighted by Crippen LogP contribution is -2.36. The van der Waals surface area contributed by atoms with Crippen LogP contribution in [0.4, 0.5) is 17.6 Å². The van der Waals surface area contributed by atoms with Crippen LogP contribution in [0.15, 0.2) is 6.07 Å². The summed E-state index contributed by atoms with van der Waals surface area (Å²) in [5.74, 6) is 2.62. The Kier molecular flexibility index (Phi) is 6.80. The second kappa shape index (κ2) is 9.69. The van der Waals surface area contributed by atoms with E-state index in [0.717, 1.165) is 63.8 Å². The molecule has 0 spiro atoms. The molecule has 3 aliphatic rings. The summed E-state index contributed by atoms with van der Waals surface area (Å²) in [6, 6.07) is 2.16. The van der Waals surface area contributed by atoms with Crippen LogP contribution in [0.3, 0.4) is 0 Å². The Morgan fingerprint density at radius 1 is 0.964 bits per heavy atom. The van der Waals surface area contributed by atoms with Gasteiger partial charge in [0, 0.05) is 45.4 Å². The molecule has 0 aliphatic carbocycles. The van der Waals surface area contributed by atoms with Crippen LogP contribution in [0.2, 0.25) is 0 Å². The summed E-state index contributed by atoms with van der Waals surface area (Å²) in [7, 11) is 0. The van der Waals surface area contributed by atoms with E-state index in [2.05, 4.69) is 26.5 Å². The van der Waals surface area contributed by atoms with Gasteiger partial charge in [0.15, 0.2) is 5.11 Å². The molecule has 1 aromatic rings. The average Bonchev–Trinajstić information content (AvgIpc) is 3.27. The maximum absolute atomic E-state index is 5.66. The molecule has 8 heteroatoms. The van der Waals surface area contributed by atoms with E-state index in [9.17, 15) is 0 Å². The topological polar surface area (TPSA) is 65.6 Å². The Labute approximate surface area is 173 Å². The molecular formula is C20H32N6OS. The SMILES string of the molecule is S=C(NC[C@@H]1CCCO1)Nc1nc(N2CCCCC2)cc(N2CCCCC2)n1. The van der Waals surface area contributed by atoms with Gasteiger partial charge in [0.25, 0.3) is 0 Å². The van der Waals surface area contributed by atoms with Gasteiger partial charge in [-0.3, -0.25) is 0 Å². The summed E-state index contributed by atoms with van der Waals surface area (Å²) in [5, 5.41) is 7.04. The lowest BCUT2D eigenvalue weighted by molar-refractivity contribution is 0.114. The molecule has 4 heterocycles. The minimum absolute atomic E-state index is 0.254. The summed E-state index contributed by atoms with van der Waals surface area (Å²) in [4.78, 5) is 14.3. The van der Waals surface area contributed by atoms with E-state index in [-0.39, 0.29) is 6.10 Å². The minimum atomic E-state index is 0.254. The molecule has 0 saturated carbocycles. The second-order valence-corrected chi connectivity index (χ2v) is 8.38. The zero-order chi connectivity index (χ0) is 19.2. The number of piperidine rings is 2. The molecule has 0 aromatic carbocycles. The number of nitrogens with one attached hydrogen (secondary N) is 2. The normalized spacial score (nSPS) is 22.9. The van der Waals surface area contributed by atoms with Gasteiger partial charge in [-0.15, -0.1) is 0 Å². The highest BCUT2D eigenvalue weighted by Crippen LogP contribution is 2.26. The zero-order valence-corrected chi connectivity index (χ0v) is 17.5. The second-order valence-electron chi connectivity index (χ2n) is 7.97. The van der Waals surface area contributed by atoms with Gasteiger partial charge in [-0.05, 0) is 63.6 Å². The fraction of sp³-hybridized carbons (Fsp3) is 0.750. The molecule has 0 radical (unpaired) electrons. The largest absolute Gasteiger partial charge is 0.376 e. The van der Waals surface area contributed by atoms with Crippen molar-refractivity contribution in [1.29, 1.82) is 0 Å².